The first-order valence-electron chi connectivity index (χ1n) is 6.15. The molecular formula is C13H20ClNO4. The molecule has 0 fully saturated rings. The summed E-state index contributed by atoms with van der Waals surface area (Å²) in [5, 5.41) is 0. The molecule has 0 N–H and O–H groups in total. The van der Waals surface area contributed by atoms with E-state index in [-0.39, 0.29) is 0 Å². The van der Waals surface area contributed by atoms with Crippen molar-refractivity contribution in [2.45, 2.75) is 5.88 Å². The molecule has 0 aliphatic rings. The smallest absolute Gasteiger partial charge is 0.217 e. The van der Waals surface area contributed by atoms with E-state index in [2.05, 4.69) is 4.98 Å². The lowest BCUT2D eigenvalue weighted by atomic mass is 10.3. The second-order valence-electron chi connectivity index (χ2n) is 3.67. The van der Waals surface area contributed by atoms with Gasteiger partial charge in [-0.1, -0.05) is 6.07 Å². The Morgan fingerprint density at radius 3 is 2.42 bits per heavy atom. The van der Waals surface area contributed by atoms with Crippen molar-refractivity contribution in [3.8, 4) is 5.88 Å². The summed E-state index contributed by atoms with van der Waals surface area (Å²) < 4.78 is 21.0. The Morgan fingerprint density at radius 1 is 1.05 bits per heavy atom. The van der Waals surface area contributed by atoms with Crippen LogP contribution in [0.1, 0.15) is 5.56 Å². The molecule has 0 bridgehead atoms. The highest BCUT2D eigenvalue weighted by Crippen LogP contribution is 2.15. The number of rotatable bonds is 11. The predicted octanol–water partition coefficient (Wildman–Crippen LogP) is 1.88. The zero-order valence-corrected chi connectivity index (χ0v) is 11.9. The molecule has 6 heteroatoms. The van der Waals surface area contributed by atoms with Gasteiger partial charge >= 0.3 is 0 Å². The van der Waals surface area contributed by atoms with Crippen molar-refractivity contribution >= 4 is 11.6 Å². The molecule has 1 aromatic rings. The summed E-state index contributed by atoms with van der Waals surface area (Å²) in [5.74, 6) is 0.953. The molecule has 0 aliphatic heterocycles. The topological polar surface area (TPSA) is 49.8 Å². The molecule has 0 saturated carbocycles. The number of hydrogen-bond donors (Lipinski definition) is 0. The van der Waals surface area contributed by atoms with Gasteiger partial charge in [0, 0.05) is 18.9 Å². The van der Waals surface area contributed by atoms with E-state index in [0.717, 1.165) is 5.56 Å². The Hall–Kier alpha value is -0.880. The monoisotopic (exact) mass is 289 g/mol. The van der Waals surface area contributed by atoms with Crippen LogP contribution < -0.4 is 4.74 Å². The van der Waals surface area contributed by atoms with Gasteiger partial charge in [0.25, 0.3) is 0 Å². The zero-order valence-electron chi connectivity index (χ0n) is 11.1. The first kappa shape index (κ1) is 16.2. The average Bonchev–Trinajstić information content (AvgIpc) is 2.46. The van der Waals surface area contributed by atoms with Crippen molar-refractivity contribution in [3.63, 3.8) is 0 Å². The molecule has 0 spiro atoms. The molecule has 0 amide bonds. The van der Waals surface area contributed by atoms with Gasteiger partial charge in [0.05, 0.1) is 38.9 Å². The van der Waals surface area contributed by atoms with Gasteiger partial charge in [0.1, 0.15) is 6.61 Å². The van der Waals surface area contributed by atoms with E-state index in [9.17, 15) is 0 Å². The highest BCUT2D eigenvalue weighted by molar-refractivity contribution is 6.17. The molecule has 0 aromatic carbocycles. The molecule has 1 rings (SSSR count). The van der Waals surface area contributed by atoms with Crippen LogP contribution in [0.3, 0.4) is 0 Å². The lowest BCUT2D eigenvalue weighted by Gasteiger charge is -2.09. The van der Waals surface area contributed by atoms with Crippen LogP contribution in [-0.4, -0.2) is 51.7 Å². The maximum Gasteiger partial charge on any atom is 0.217 e. The van der Waals surface area contributed by atoms with E-state index < -0.39 is 0 Å². The SMILES string of the molecule is COCCOCCOCCOc1ncccc1CCl. The van der Waals surface area contributed by atoms with Crippen molar-refractivity contribution in [1.82, 2.24) is 4.98 Å². The Balaban J connectivity index is 2.01. The van der Waals surface area contributed by atoms with E-state index >= 15 is 0 Å². The highest BCUT2D eigenvalue weighted by atomic mass is 35.5. The average molecular weight is 290 g/mol. The predicted molar refractivity (Wildman–Crippen MR) is 72.8 cm³/mol. The number of alkyl halides is 1. The zero-order chi connectivity index (χ0) is 13.8. The summed E-state index contributed by atoms with van der Waals surface area (Å²) in [6, 6.07) is 3.72. The fourth-order valence-electron chi connectivity index (χ4n) is 1.32. The van der Waals surface area contributed by atoms with Crippen LogP contribution in [0.15, 0.2) is 18.3 Å². The summed E-state index contributed by atoms with van der Waals surface area (Å²) in [7, 11) is 1.64. The Morgan fingerprint density at radius 2 is 1.74 bits per heavy atom. The van der Waals surface area contributed by atoms with Gasteiger partial charge < -0.3 is 18.9 Å². The van der Waals surface area contributed by atoms with Gasteiger partial charge in [0.15, 0.2) is 0 Å². The maximum absolute atomic E-state index is 5.78. The molecule has 1 aromatic heterocycles. The molecule has 0 unspecified atom stereocenters. The Bertz CT molecular complexity index is 338. The minimum absolute atomic E-state index is 0.386. The van der Waals surface area contributed by atoms with Crippen molar-refractivity contribution in [1.29, 1.82) is 0 Å². The van der Waals surface area contributed by atoms with E-state index in [1.807, 2.05) is 12.1 Å². The van der Waals surface area contributed by atoms with Crippen LogP contribution in [0.25, 0.3) is 0 Å². The van der Waals surface area contributed by atoms with Crippen LogP contribution in [0, 0.1) is 0 Å². The second kappa shape index (κ2) is 11.0. The van der Waals surface area contributed by atoms with Crippen LogP contribution in [-0.2, 0) is 20.1 Å². The fourth-order valence-corrected chi connectivity index (χ4v) is 1.52. The fraction of sp³-hybridized carbons (Fsp3) is 0.615. The van der Waals surface area contributed by atoms with Gasteiger partial charge in [-0.25, -0.2) is 4.98 Å². The van der Waals surface area contributed by atoms with Gasteiger partial charge in [-0.2, -0.15) is 0 Å². The molecule has 0 radical (unpaired) electrons. The van der Waals surface area contributed by atoms with Crippen molar-refractivity contribution < 1.29 is 18.9 Å². The summed E-state index contributed by atoms with van der Waals surface area (Å²) in [6.07, 6.45) is 1.68. The molecule has 19 heavy (non-hydrogen) atoms. The highest BCUT2D eigenvalue weighted by Gasteiger charge is 2.02. The van der Waals surface area contributed by atoms with Crippen LogP contribution in [0.2, 0.25) is 0 Å². The molecular weight excluding hydrogens is 270 g/mol. The lowest BCUT2D eigenvalue weighted by Crippen LogP contribution is -2.13. The van der Waals surface area contributed by atoms with Crippen molar-refractivity contribution in [3.05, 3.63) is 23.9 Å². The Kier molecular flexibility index (Phi) is 9.36. The summed E-state index contributed by atoms with van der Waals surface area (Å²) in [6.45, 7) is 3.22. The summed E-state index contributed by atoms with van der Waals surface area (Å²) in [5.41, 5.74) is 0.882. The number of nitrogens with zero attached hydrogens (tertiary/aromatic N) is 1. The number of aromatic nitrogens is 1. The Labute approximate surface area is 118 Å². The maximum atomic E-state index is 5.78. The second-order valence-corrected chi connectivity index (χ2v) is 3.93. The third kappa shape index (κ3) is 7.32. The van der Waals surface area contributed by atoms with E-state index in [4.69, 9.17) is 30.5 Å². The molecule has 1 heterocycles. The number of halogens is 1. The van der Waals surface area contributed by atoms with Gasteiger partial charge in [-0.3, -0.25) is 0 Å². The van der Waals surface area contributed by atoms with Crippen LogP contribution in [0.5, 0.6) is 5.88 Å². The summed E-state index contributed by atoms with van der Waals surface area (Å²) in [4.78, 5) is 4.12. The van der Waals surface area contributed by atoms with Crippen molar-refractivity contribution in [2.24, 2.45) is 0 Å². The molecule has 0 aliphatic carbocycles. The third-order valence-corrected chi connectivity index (χ3v) is 2.55. The van der Waals surface area contributed by atoms with Crippen LogP contribution in [0.4, 0.5) is 0 Å². The molecule has 108 valence electrons. The summed E-state index contributed by atoms with van der Waals surface area (Å²) >= 11 is 5.78. The molecule has 0 atom stereocenters. The minimum atomic E-state index is 0.386. The van der Waals surface area contributed by atoms with Gasteiger partial charge in [0.2, 0.25) is 5.88 Å². The minimum Gasteiger partial charge on any atom is -0.475 e. The van der Waals surface area contributed by atoms with E-state index in [1.165, 1.54) is 0 Å². The quantitative estimate of drug-likeness (QED) is 0.460. The molecule has 0 saturated heterocycles. The molecule has 5 nitrogen and oxygen atoms in total. The first-order chi connectivity index (χ1) is 9.38. The first-order valence-corrected chi connectivity index (χ1v) is 6.69. The number of methoxy groups -OCH3 is 1. The number of ether oxygens (including phenoxy) is 4. The largest absolute Gasteiger partial charge is 0.475 e. The van der Waals surface area contributed by atoms with Crippen LogP contribution >= 0.6 is 11.6 Å². The lowest BCUT2D eigenvalue weighted by molar-refractivity contribution is 0.0176. The van der Waals surface area contributed by atoms with E-state index in [1.54, 1.807) is 13.3 Å². The standard InChI is InChI=1S/C13H20ClNO4/c1-16-5-6-17-7-8-18-9-10-19-13-12(11-14)3-2-4-15-13/h2-4H,5-11H2,1H3. The number of pyridine rings is 1. The van der Waals surface area contributed by atoms with Gasteiger partial charge in [-0.05, 0) is 6.07 Å². The number of hydrogen-bond acceptors (Lipinski definition) is 5. The third-order valence-electron chi connectivity index (χ3n) is 2.26. The normalized spacial score (nSPS) is 10.6. The van der Waals surface area contributed by atoms with Crippen molar-refractivity contribution in [2.75, 3.05) is 46.8 Å². The van der Waals surface area contributed by atoms with E-state index in [0.29, 0.717) is 51.4 Å². The van der Waals surface area contributed by atoms with Gasteiger partial charge in [-0.15, -0.1) is 11.6 Å².